The molecule has 6 nitrogen and oxygen atoms in total. The van der Waals surface area contributed by atoms with E-state index >= 15 is 0 Å². The van der Waals surface area contributed by atoms with Gasteiger partial charge in [0.15, 0.2) is 0 Å². The lowest BCUT2D eigenvalue weighted by Gasteiger charge is -2.35. The molecule has 0 radical (unpaired) electrons. The SMILES string of the molecule is CC(C)c1ccc(CN2CCN(C(=O)Cc3ccc(S(N)(=O)=O)cc3)CC2)cc1. The Bertz CT molecular complexity index is 930. The van der Waals surface area contributed by atoms with E-state index in [-0.39, 0.29) is 17.2 Å². The average molecular weight is 416 g/mol. The molecule has 3 rings (SSSR count). The maximum absolute atomic E-state index is 12.6. The Balaban J connectivity index is 1.49. The second kappa shape index (κ2) is 9.07. The summed E-state index contributed by atoms with van der Waals surface area (Å²) in [6, 6.07) is 15.0. The average Bonchev–Trinajstić information content (AvgIpc) is 2.68. The Morgan fingerprint density at radius 3 is 2.00 bits per heavy atom. The lowest BCUT2D eigenvalue weighted by atomic mass is 10.0. The van der Waals surface area contributed by atoms with Gasteiger partial charge in [-0.2, -0.15) is 0 Å². The number of nitrogens with zero attached hydrogens (tertiary/aromatic N) is 2. The number of primary sulfonamides is 1. The number of rotatable bonds is 6. The van der Waals surface area contributed by atoms with Crippen LogP contribution >= 0.6 is 0 Å². The molecule has 1 fully saturated rings. The van der Waals surface area contributed by atoms with Gasteiger partial charge in [0, 0.05) is 32.7 Å². The molecule has 0 atom stereocenters. The third-order valence-corrected chi connectivity index (χ3v) is 6.31. The molecule has 0 bridgehead atoms. The van der Waals surface area contributed by atoms with Gasteiger partial charge in [0.1, 0.15) is 0 Å². The summed E-state index contributed by atoms with van der Waals surface area (Å²) >= 11 is 0. The fourth-order valence-electron chi connectivity index (χ4n) is 3.50. The third-order valence-electron chi connectivity index (χ3n) is 5.38. The summed E-state index contributed by atoms with van der Waals surface area (Å²) in [6.45, 7) is 8.40. The predicted molar refractivity (Wildman–Crippen MR) is 114 cm³/mol. The summed E-state index contributed by atoms with van der Waals surface area (Å²) in [5, 5.41) is 5.11. The fraction of sp³-hybridized carbons (Fsp3) is 0.409. The molecular weight excluding hydrogens is 386 g/mol. The Hall–Kier alpha value is -2.22. The van der Waals surface area contributed by atoms with Crippen LogP contribution in [0.15, 0.2) is 53.4 Å². The highest BCUT2D eigenvalue weighted by Crippen LogP contribution is 2.17. The van der Waals surface area contributed by atoms with Gasteiger partial charge in [-0.15, -0.1) is 0 Å². The van der Waals surface area contributed by atoms with Crippen LogP contribution in [0.5, 0.6) is 0 Å². The Labute approximate surface area is 173 Å². The molecule has 0 spiro atoms. The van der Waals surface area contributed by atoms with Crippen LogP contribution < -0.4 is 5.14 Å². The zero-order chi connectivity index (χ0) is 21.0. The molecule has 0 saturated carbocycles. The number of benzene rings is 2. The molecule has 2 N–H and O–H groups in total. The highest BCUT2D eigenvalue weighted by atomic mass is 32.2. The first-order chi connectivity index (χ1) is 13.7. The predicted octanol–water partition coefficient (Wildman–Crippen LogP) is 2.34. The first-order valence-electron chi connectivity index (χ1n) is 9.93. The molecule has 29 heavy (non-hydrogen) atoms. The molecular formula is C22H29N3O3S. The van der Waals surface area contributed by atoms with Gasteiger partial charge in [-0.05, 0) is 34.7 Å². The lowest BCUT2D eigenvalue weighted by molar-refractivity contribution is -0.132. The van der Waals surface area contributed by atoms with Gasteiger partial charge < -0.3 is 4.90 Å². The van der Waals surface area contributed by atoms with Gasteiger partial charge in [0.2, 0.25) is 15.9 Å². The summed E-state index contributed by atoms with van der Waals surface area (Å²) in [5.74, 6) is 0.601. The number of nitrogens with two attached hydrogens (primary N) is 1. The quantitative estimate of drug-likeness (QED) is 0.785. The first-order valence-corrected chi connectivity index (χ1v) is 11.5. The summed E-state index contributed by atoms with van der Waals surface area (Å²) in [7, 11) is -3.71. The van der Waals surface area contributed by atoms with Crippen LogP contribution in [0, 0.1) is 0 Å². The van der Waals surface area contributed by atoms with Crippen LogP contribution in [-0.2, 0) is 27.8 Å². The minimum Gasteiger partial charge on any atom is -0.340 e. The van der Waals surface area contributed by atoms with Crippen molar-refractivity contribution in [1.29, 1.82) is 0 Å². The first kappa shape index (κ1) is 21.5. The van der Waals surface area contributed by atoms with Crippen molar-refractivity contribution in [3.8, 4) is 0 Å². The summed E-state index contributed by atoms with van der Waals surface area (Å²) in [5.41, 5.74) is 3.43. The van der Waals surface area contributed by atoms with Crippen molar-refractivity contribution in [2.75, 3.05) is 26.2 Å². The number of carbonyl (C=O) groups excluding carboxylic acids is 1. The maximum atomic E-state index is 12.6. The molecule has 156 valence electrons. The topological polar surface area (TPSA) is 83.7 Å². The Morgan fingerprint density at radius 2 is 1.48 bits per heavy atom. The molecule has 1 saturated heterocycles. The van der Waals surface area contributed by atoms with Gasteiger partial charge in [0.05, 0.1) is 11.3 Å². The molecule has 0 aliphatic carbocycles. The maximum Gasteiger partial charge on any atom is 0.238 e. The molecule has 7 heteroatoms. The second-order valence-electron chi connectivity index (χ2n) is 7.92. The van der Waals surface area contributed by atoms with E-state index < -0.39 is 10.0 Å². The molecule has 0 unspecified atom stereocenters. The van der Waals surface area contributed by atoms with E-state index in [0.717, 1.165) is 25.2 Å². The second-order valence-corrected chi connectivity index (χ2v) is 9.48. The number of hydrogen-bond acceptors (Lipinski definition) is 4. The molecule has 1 aliphatic heterocycles. The standard InChI is InChI=1S/C22H29N3O3S/c1-17(2)20-7-3-19(4-8-20)16-24-11-13-25(14-12-24)22(26)15-18-5-9-21(10-6-18)29(23,27)28/h3-10,17H,11-16H2,1-2H3,(H2,23,27,28). The lowest BCUT2D eigenvalue weighted by Crippen LogP contribution is -2.48. The van der Waals surface area contributed by atoms with Gasteiger partial charge in [-0.3, -0.25) is 9.69 Å². The zero-order valence-electron chi connectivity index (χ0n) is 17.0. The van der Waals surface area contributed by atoms with E-state index in [9.17, 15) is 13.2 Å². The number of piperazine rings is 1. The number of sulfonamides is 1. The Kier molecular flexibility index (Phi) is 6.72. The van der Waals surface area contributed by atoms with Crippen molar-refractivity contribution in [3.05, 3.63) is 65.2 Å². The highest BCUT2D eigenvalue weighted by Gasteiger charge is 2.21. The monoisotopic (exact) mass is 415 g/mol. The van der Waals surface area contributed by atoms with Crippen molar-refractivity contribution >= 4 is 15.9 Å². The van der Waals surface area contributed by atoms with Crippen molar-refractivity contribution in [1.82, 2.24) is 9.80 Å². The van der Waals surface area contributed by atoms with Gasteiger partial charge in [-0.25, -0.2) is 13.6 Å². The van der Waals surface area contributed by atoms with Crippen molar-refractivity contribution in [2.45, 2.75) is 37.6 Å². The summed E-state index contributed by atoms with van der Waals surface area (Å²) in [4.78, 5) is 16.9. The van der Waals surface area contributed by atoms with E-state index in [2.05, 4.69) is 43.0 Å². The number of amides is 1. The smallest absolute Gasteiger partial charge is 0.238 e. The van der Waals surface area contributed by atoms with E-state index in [1.165, 1.54) is 23.3 Å². The normalized spacial score (nSPS) is 15.7. The Morgan fingerprint density at radius 1 is 0.931 bits per heavy atom. The van der Waals surface area contributed by atoms with E-state index in [1.54, 1.807) is 12.1 Å². The van der Waals surface area contributed by atoms with Crippen molar-refractivity contribution in [3.63, 3.8) is 0 Å². The molecule has 0 aromatic heterocycles. The van der Waals surface area contributed by atoms with Crippen LogP contribution in [0.4, 0.5) is 0 Å². The van der Waals surface area contributed by atoms with Crippen LogP contribution in [0.2, 0.25) is 0 Å². The van der Waals surface area contributed by atoms with Crippen LogP contribution in [0.3, 0.4) is 0 Å². The summed E-state index contributed by atoms with van der Waals surface area (Å²) < 4.78 is 22.6. The van der Waals surface area contributed by atoms with E-state index in [4.69, 9.17) is 5.14 Å². The van der Waals surface area contributed by atoms with Gasteiger partial charge in [0.25, 0.3) is 0 Å². The minimum atomic E-state index is -3.71. The van der Waals surface area contributed by atoms with E-state index in [1.807, 2.05) is 4.90 Å². The van der Waals surface area contributed by atoms with Crippen molar-refractivity contribution < 1.29 is 13.2 Å². The van der Waals surface area contributed by atoms with E-state index in [0.29, 0.717) is 19.0 Å². The van der Waals surface area contributed by atoms with Gasteiger partial charge in [-0.1, -0.05) is 50.2 Å². The molecule has 2 aromatic carbocycles. The van der Waals surface area contributed by atoms with Crippen LogP contribution in [0.1, 0.15) is 36.5 Å². The largest absolute Gasteiger partial charge is 0.340 e. The third kappa shape index (κ3) is 5.88. The van der Waals surface area contributed by atoms with Crippen LogP contribution in [0.25, 0.3) is 0 Å². The number of carbonyl (C=O) groups is 1. The molecule has 1 aliphatic rings. The fourth-order valence-corrected chi connectivity index (χ4v) is 4.02. The summed E-state index contributed by atoms with van der Waals surface area (Å²) in [6.07, 6.45) is 0.265. The van der Waals surface area contributed by atoms with Crippen LogP contribution in [-0.4, -0.2) is 50.3 Å². The highest BCUT2D eigenvalue weighted by molar-refractivity contribution is 7.89. The molecule has 1 amide bonds. The zero-order valence-corrected chi connectivity index (χ0v) is 17.9. The van der Waals surface area contributed by atoms with Gasteiger partial charge >= 0.3 is 0 Å². The van der Waals surface area contributed by atoms with Crippen molar-refractivity contribution in [2.24, 2.45) is 5.14 Å². The molecule has 2 aromatic rings. The minimum absolute atomic E-state index is 0.0590. The number of hydrogen-bond donors (Lipinski definition) is 1. The molecule has 1 heterocycles.